The van der Waals surface area contributed by atoms with E-state index in [-0.39, 0.29) is 17.3 Å². The molecule has 0 aliphatic rings. The van der Waals surface area contributed by atoms with Crippen LogP contribution in [0.25, 0.3) is 0 Å². The van der Waals surface area contributed by atoms with Gasteiger partial charge in [-0.05, 0) is 36.2 Å². The molecule has 0 saturated carbocycles. The summed E-state index contributed by atoms with van der Waals surface area (Å²) in [6.07, 6.45) is 2.19. The van der Waals surface area contributed by atoms with E-state index in [1.165, 1.54) is 30.3 Å². The highest BCUT2D eigenvalue weighted by Crippen LogP contribution is 2.13. The predicted octanol–water partition coefficient (Wildman–Crippen LogP) is 1.79. The predicted molar refractivity (Wildman–Crippen MR) is 107 cm³/mol. The molecule has 0 bridgehead atoms. The van der Waals surface area contributed by atoms with Crippen LogP contribution in [0.1, 0.15) is 15.9 Å². The fourth-order valence-corrected chi connectivity index (χ4v) is 3.59. The summed E-state index contributed by atoms with van der Waals surface area (Å²) >= 11 is 0. The maximum absolute atomic E-state index is 12.8. The van der Waals surface area contributed by atoms with E-state index in [0.29, 0.717) is 25.2 Å². The van der Waals surface area contributed by atoms with Crippen molar-refractivity contribution >= 4 is 15.9 Å². The third-order valence-corrected chi connectivity index (χ3v) is 5.47. The van der Waals surface area contributed by atoms with E-state index in [2.05, 4.69) is 11.3 Å². The lowest BCUT2D eigenvalue weighted by Crippen LogP contribution is -2.37. The Labute approximate surface area is 160 Å². The number of benzene rings is 2. The topological polar surface area (TPSA) is 92.5 Å². The van der Waals surface area contributed by atoms with Gasteiger partial charge in [-0.2, -0.15) is 0 Å². The molecule has 144 valence electrons. The summed E-state index contributed by atoms with van der Waals surface area (Å²) < 4.78 is 26.6. The number of nitrogens with two attached hydrogens (primary N) is 1. The molecule has 0 heterocycles. The van der Waals surface area contributed by atoms with Gasteiger partial charge in [0.15, 0.2) is 0 Å². The second kappa shape index (κ2) is 10.0. The van der Waals surface area contributed by atoms with E-state index in [4.69, 9.17) is 5.73 Å². The summed E-state index contributed by atoms with van der Waals surface area (Å²) in [6.45, 7) is 4.97. The molecule has 3 N–H and O–H groups in total. The van der Waals surface area contributed by atoms with Crippen LogP contribution in [0.5, 0.6) is 0 Å². The molecule has 1 amide bonds. The summed E-state index contributed by atoms with van der Waals surface area (Å²) in [4.78, 5) is 14.6. The molecule has 0 unspecified atom stereocenters. The molecule has 0 radical (unpaired) electrons. The van der Waals surface area contributed by atoms with Gasteiger partial charge in [-0.25, -0.2) is 13.1 Å². The number of carbonyl (C=O) groups is 1. The molecular formula is C20H25N3O3S. The van der Waals surface area contributed by atoms with E-state index in [1.807, 2.05) is 30.3 Å². The number of nitrogens with one attached hydrogen (secondary N) is 1. The number of amides is 1. The first-order valence-corrected chi connectivity index (χ1v) is 10.2. The molecule has 7 heteroatoms. The highest BCUT2D eigenvalue weighted by Gasteiger charge is 2.17. The van der Waals surface area contributed by atoms with Crippen molar-refractivity contribution in [2.45, 2.75) is 11.3 Å². The normalized spacial score (nSPS) is 11.1. The van der Waals surface area contributed by atoms with E-state index in [1.54, 1.807) is 4.90 Å². The van der Waals surface area contributed by atoms with Crippen LogP contribution in [0.15, 0.2) is 72.1 Å². The Morgan fingerprint density at radius 3 is 2.33 bits per heavy atom. The van der Waals surface area contributed by atoms with Gasteiger partial charge < -0.3 is 10.6 Å². The minimum Gasteiger partial charge on any atom is -0.337 e. The second-order valence-electron chi connectivity index (χ2n) is 5.98. The Morgan fingerprint density at radius 2 is 1.74 bits per heavy atom. The second-order valence-corrected chi connectivity index (χ2v) is 7.75. The standard InChI is InChI=1S/C20H25N3O3S/c1-2-14-22-27(25,26)19-10-8-18(9-11-19)20(24)23(16-13-21)15-12-17-6-4-3-5-7-17/h2-11,22H,1,12-16,21H2. The Morgan fingerprint density at radius 1 is 1.07 bits per heavy atom. The van der Waals surface area contributed by atoms with Gasteiger partial charge in [0.25, 0.3) is 5.91 Å². The third-order valence-electron chi connectivity index (χ3n) is 4.03. The lowest BCUT2D eigenvalue weighted by molar-refractivity contribution is 0.0762. The smallest absolute Gasteiger partial charge is 0.253 e. The molecule has 0 aliphatic carbocycles. The molecule has 2 rings (SSSR count). The van der Waals surface area contributed by atoms with Crippen LogP contribution in [0, 0.1) is 0 Å². The van der Waals surface area contributed by atoms with Crippen LogP contribution in [-0.2, 0) is 16.4 Å². The van der Waals surface area contributed by atoms with Crippen molar-refractivity contribution in [1.82, 2.24) is 9.62 Å². The van der Waals surface area contributed by atoms with Crippen molar-refractivity contribution in [3.05, 3.63) is 78.4 Å². The first kappa shape index (κ1) is 20.8. The maximum atomic E-state index is 12.8. The van der Waals surface area contributed by atoms with Crippen molar-refractivity contribution in [2.24, 2.45) is 5.73 Å². The van der Waals surface area contributed by atoms with E-state index in [0.717, 1.165) is 12.0 Å². The van der Waals surface area contributed by atoms with Crippen molar-refractivity contribution < 1.29 is 13.2 Å². The van der Waals surface area contributed by atoms with Gasteiger partial charge in [0.1, 0.15) is 0 Å². The number of nitrogens with zero attached hydrogens (tertiary/aromatic N) is 1. The molecule has 2 aromatic carbocycles. The van der Waals surface area contributed by atoms with Crippen LogP contribution in [-0.4, -0.2) is 45.4 Å². The zero-order valence-electron chi connectivity index (χ0n) is 15.2. The number of sulfonamides is 1. The molecule has 0 atom stereocenters. The average molecular weight is 388 g/mol. The molecule has 0 fully saturated rings. The number of hydrogen-bond acceptors (Lipinski definition) is 4. The highest BCUT2D eigenvalue weighted by atomic mass is 32.2. The van der Waals surface area contributed by atoms with Crippen LogP contribution in [0.3, 0.4) is 0 Å². The van der Waals surface area contributed by atoms with Gasteiger partial charge in [0.2, 0.25) is 10.0 Å². The monoisotopic (exact) mass is 387 g/mol. The highest BCUT2D eigenvalue weighted by molar-refractivity contribution is 7.89. The van der Waals surface area contributed by atoms with E-state index < -0.39 is 10.0 Å². The zero-order valence-corrected chi connectivity index (χ0v) is 16.0. The van der Waals surface area contributed by atoms with Crippen LogP contribution in [0.2, 0.25) is 0 Å². The minimum atomic E-state index is -3.61. The van der Waals surface area contributed by atoms with Crippen molar-refractivity contribution in [3.8, 4) is 0 Å². The number of hydrogen-bond donors (Lipinski definition) is 2. The van der Waals surface area contributed by atoms with Crippen LogP contribution in [0.4, 0.5) is 0 Å². The fourth-order valence-electron chi connectivity index (χ4n) is 2.59. The number of carbonyl (C=O) groups excluding carboxylic acids is 1. The van der Waals surface area contributed by atoms with Crippen LogP contribution < -0.4 is 10.5 Å². The first-order valence-electron chi connectivity index (χ1n) is 8.72. The lowest BCUT2D eigenvalue weighted by Gasteiger charge is -2.22. The SMILES string of the molecule is C=CCNS(=O)(=O)c1ccc(C(=O)N(CCN)CCc2ccccc2)cc1. The Bertz CT molecular complexity index is 850. The van der Waals surface area contributed by atoms with Gasteiger partial charge in [0.05, 0.1) is 4.90 Å². The molecule has 0 aromatic heterocycles. The van der Waals surface area contributed by atoms with Crippen LogP contribution >= 0.6 is 0 Å². The Balaban J connectivity index is 2.09. The zero-order chi connectivity index (χ0) is 19.7. The first-order chi connectivity index (χ1) is 13.0. The van der Waals surface area contributed by atoms with Gasteiger partial charge in [-0.15, -0.1) is 6.58 Å². The molecule has 0 saturated heterocycles. The molecular weight excluding hydrogens is 362 g/mol. The third kappa shape index (κ3) is 6.02. The largest absolute Gasteiger partial charge is 0.337 e. The Kier molecular flexibility index (Phi) is 7.72. The van der Waals surface area contributed by atoms with Crippen molar-refractivity contribution in [1.29, 1.82) is 0 Å². The van der Waals surface area contributed by atoms with Gasteiger partial charge in [-0.3, -0.25) is 4.79 Å². The maximum Gasteiger partial charge on any atom is 0.253 e. The summed E-state index contributed by atoms with van der Waals surface area (Å²) in [5.74, 6) is -0.167. The Hall–Kier alpha value is -2.48. The molecule has 6 nitrogen and oxygen atoms in total. The average Bonchev–Trinajstić information content (AvgIpc) is 2.70. The summed E-state index contributed by atoms with van der Waals surface area (Å²) in [7, 11) is -3.61. The van der Waals surface area contributed by atoms with Crippen molar-refractivity contribution in [3.63, 3.8) is 0 Å². The van der Waals surface area contributed by atoms with E-state index in [9.17, 15) is 13.2 Å². The van der Waals surface area contributed by atoms with Gasteiger partial charge >= 0.3 is 0 Å². The molecule has 2 aromatic rings. The quantitative estimate of drug-likeness (QED) is 0.608. The summed E-state index contributed by atoms with van der Waals surface area (Å²) in [5, 5.41) is 0. The summed E-state index contributed by atoms with van der Waals surface area (Å²) in [6, 6.07) is 15.8. The van der Waals surface area contributed by atoms with E-state index >= 15 is 0 Å². The minimum absolute atomic E-state index is 0.107. The fraction of sp³-hybridized carbons (Fsp3) is 0.250. The van der Waals surface area contributed by atoms with Crippen molar-refractivity contribution in [2.75, 3.05) is 26.2 Å². The number of rotatable bonds is 10. The molecule has 27 heavy (non-hydrogen) atoms. The van der Waals surface area contributed by atoms with Gasteiger partial charge in [0, 0.05) is 31.7 Å². The summed E-state index contributed by atoms with van der Waals surface area (Å²) in [5.41, 5.74) is 7.22. The molecule has 0 aliphatic heterocycles. The lowest BCUT2D eigenvalue weighted by atomic mass is 10.1. The molecule has 0 spiro atoms. The van der Waals surface area contributed by atoms with Gasteiger partial charge in [-0.1, -0.05) is 36.4 Å².